The topological polar surface area (TPSA) is 69.9 Å². The Morgan fingerprint density at radius 3 is 2.81 bits per heavy atom. The Balaban J connectivity index is 2.06. The summed E-state index contributed by atoms with van der Waals surface area (Å²) in [6.07, 6.45) is -0.591. The summed E-state index contributed by atoms with van der Waals surface area (Å²) < 4.78 is 44.9. The number of fused-ring (bicyclic) bond motifs is 1. The lowest BCUT2D eigenvalue weighted by Crippen LogP contribution is -2.05. The Bertz CT molecular complexity index is 972. The highest BCUT2D eigenvalue weighted by molar-refractivity contribution is 8.00. The van der Waals surface area contributed by atoms with Crippen LogP contribution in [0.1, 0.15) is 5.56 Å². The molecular weight excluding hydrogens is 369 g/mol. The molecule has 136 valence electrons. The first-order chi connectivity index (χ1) is 12.3. The van der Waals surface area contributed by atoms with Crippen molar-refractivity contribution in [1.82, 2.24) is 19.5 Å². The fourth-order valence-corrected chi connectivity index (χ4v) is 3.19. The molecular formula is C16H13F3N4O2S. The summed E-state index contributed by atoms with van der Waals surface area (Å²) in [5.41, 5.74) is 0.249. The van der Waals surface area contributed by atoms with Crippen LogP contribution in [0, 0.1) is 0 Å². The van der Waals surface area contributed by atoms with Gasteiger partial charge in [-0.05, 0) is 12.1 Å². The van der Waals surface area contributed by atoms with Crippen LogP contribution in [0.25, 0.3) is 22.6 Å². The van der Waals surface area contributed by atoms with Crippen LogP contribution in [-0.2, 0) is 22.8 Å². The maximum absolute atomic E-state index is 12.9. The summed E-state index contributed by atoms with van der Waals surface area (Å²) in [4.78, 5) is 24.3. The number of hydrogen-bond acceptors (Lipinski definition) is 6. The molecule has 3 heterocycles. The normalized spacial score (nSPS) is 11.7. The van der Waals surface area contributed by atoms with E-state index >= 15 is 0 Å². The number of carbonyl (C=O) groups is 1. The molecule has 10 heteroatoms. The van der Waals surface area contributed by atoms with E-state index in [0.717, 1.165) is 12.3 Å². The standard InChI is InChI=1S/C16H13F3N4O2S/c1-23-14(10-3-4-20-7-12(10)26-8-13(24)25-2)22-11-5-9(16(17,18)19)6-21-15(11)23/h3-7H,8H2,1-2H3. The van der Waals surface area contributed by atoms with Gasteiger partial charge in [0.25, 0.3) is 0 Å². The number of aromatic nitrogens is 4. The number of hydrogen-bond donors (Lipinski definition) is 0. The van der Waals surface area contributed by atoms with Crippen molar-refractivity contribution in [3.63, 3.8) is 0 Å². The van der Waals surface area contributed by atoms with Crippen molar-refractivity contribution in [3.05, 3.63) is 36.3 Å². The van der Waals surface area contributed by atoms with Gasteiger partial charge >= 0.3 is 12.1 Å². The summed E-state index contributed by atoms with van der Waals surface area (Å²) in [7, 11) is 2.96. The molecule has 6 nitrogen and oxygen atoms in total. The van der Waals surface area contributed by atoms with E-state index in [1.165, 1.54) is 18.9 Å². The molecule has 0 aliphatic rings. The van der Waals surface area contributed by atoms with Gasteiger partial charge in [-0.25, -0.2) is 9.97 Å². The van der Waals surface area contributed by atoms with E-state index in [1.807, 2.05) is 0 Å². The average Bonchev–Trinajstić information content (AvgIpc) is 2.95. The minimum absolute atomic E-state index is 0.0790. The number of esters is 1. The summed E-state index contributed by atoms with van der Waals surface area (Å²) in [5, 5.41) is 0. The molecule has 0 aromatic carbocycles. The Morgan fingerprint density at radius 1 is 1.35 bits per heavy atom. The van der Waals surface area contributed by atoms with Gasteiger partial charge in [0.1, 0.15) is 11.3 Å². The lowest BCUT2D eigenvalue weighted by Gasteiger charge is -2.08. The fraction of sp³-hybridized carbons (Fsp3) is 0.250. The average molecular weight is 382 g/mol. The minimum atomic E-state index is -4.49. The van der Waals surface area contributed by atoms with E-state index < -0.39 is 17.7 Å². The zero-order valence-corrected chi connectivity index (χ0v) is 14.6. The first-order valence-corrected chi connectivity index (χ1v) is 8.33. The van der Waals surface area contributed by atoms with Crippen LogP contribution in [0.5, 0.6) is 0 Å². The zero-order chi connectivity index (χ0) is 18.9. The summed E-state index contributed by atoms with van der Waals surface area (Å²) in [5.74, 6) is 0.114. The van der Waals surface area contributed by atoms with E-state index in [1.54, 1.807) is 30.1 Å². The van der Waals surface area contributed by atoms with E-state index in [0.29, 0.717) is 21.9 Å². The molecule has 0 spiro atoms. The molecule has 0 aliphatic carbocycles. The van der Waals surface area contributed by atoms with Crippen LogP contribution in [0.2, 0.25) is 0 Å². The second-order valence-corrected chi connectivity index (χ2v) is 6.31. The highest BCUT2D eigenvalue weighted by Gasteiger charge is 2.31. The molecule has 3 rings (SSSR count). The number of nitrogens with zero attached hydrogens (tertiary/aromatic N) is 4. The first-order valence-electron chi connectivity index (χ1n) is 7.35. The molecule has 0 bridgehead atoms. The Hall–Kier alpha value is -2.62. The number of alkyl halides is 3. The monoisotopic (exact) mass is 382 g/mol. The minimum Gasteiger partial charge on any atom is -0.468 e. The van der Waals surface area contributed by atoms with Crippen LogP contribution in [-0.4, -0.2) is 38.4 Å². The third-order valence-electron chi connectivity index (χ3n) is 3.63. The van der Waals surface area contributed by atoms with Gasteiger partial charge in [-0.3, -0.25) is 9.78 Å². The van der Waals surface area contributed by atoms with Gasteiger partial charge in [0.05, 0.1) is 18.4 Å². The Morgan fingerprint density at radius 2 is 2.12 bits per heavy atom. The lowest BCUT2D eigenvalue weighted by atomic mass is 10.2. The second-order valence-electron chi connectivity index (χ2n) is 5.30. The van der Waals surface area contributed by atoms with Gasteiger partial charge < -0.3 is 9.30 Å². The third kappa shape index (κ3) is 3.50. The van der Waals surface area contributed by atoms with Crippen molar-refractivity contribution in [2.75, 3.05) is 12.9 Å². The number of aryl methyl sites for hydroxylation is 1. The summed E-state index contributed by atoms with van der Waals surface area (Å²) in [6, 6.07) is 2.65. The quantitative estimate of drug-likeness (QED) is 0.509. The van der Waals surface area contributed by atoms with Gasteiger partial charge in [0, 0.05) is 36.1 Å². The molecule has 3 aromatic heterocycles. The van der Waals surface area contributed by atoms with Gasteiger partial charge in [-0.1, -0.05) is 0 Å². The molecule has 0 fully saturated rings. The van der Waals surface area contributed by atoms with Crippen LogP contribution >= 0.6 is 11.8 Å². The molecule has 0 N–H and O–H groups in total. The number of methoxy groups -OCH3 is 1. The number of imidazole rings is 1. The second kappa shape index (κ2) is 6.94. The van der Waals surface area contributed by atoms with Crippen molar-refractivity contribution < 1.29 is 22.7 Å². The van der Waals surface area contributed by atoms with Gasteiger partial charge in [-0.15, -0.1) is 11.8 Å². The number of pyridine rings is 2. The number of ether oxygens (including phenoxy) is 1. The van der Waals surface area contributed by atoms with Crippen molar-refractivity contribution in [3.8, 4) is 11.4 Å². The number of thioether (sulfide) groups is 1. The smallest absolute Gasteiger partial charge is 0.417 e. The maximum atomic E-state index is 12.9. The van der Waals surface area contributed by atoms with E-state index in [9.17, 15) is 18.0 Å². The molecule has 0 saturated carbocycles. The molecule has 0 radical (unpaired) electrons. The lowest BCUT2D eigenvalue weighted by molar-refractivity contribution is -0.138. The van der Waals surface area contributed by atoms with E-state index in [4.69, 9.17) is 0 Å². The molecule has 0 saturated heterocycles. The molecule has 0 amide bonds. The predicted octanol–water partition coefficient (Wildman–Crippen LogP) is 3.31. The van der Waals surface area contributed by atoms with Crippen molar-refractivity contribution in [2.45, 2.75) is 11.1 Å². The highest BCUT2D eigenvalue weighted by Crippen LogP contribution is 2.34. The predicted molar refractivity (Wildman–Crippen MR) is 89.5 cm³/mol. The fourth-order valence-electron chi connectivity index (χ4n) is 2.35. The number of carbonyl (C=O) groups excluding carboxylic acids is 1. The van der Waals surface area contributed by atoms with Crippen LogP contribution < -0.4 is 0 Å². The molecule has 0 unspecified atom stereocenters. The Kier molecular flexibility index (Phi) is 4.86. The Labute approximate surface area is 150 Å². The number of rotatable bonds is 4. The van der Waals surface area contributed by atoms with Crippen LogP contribution in [0.3, 0.4) is 0 Å². The van der Waals surface area contributed by atoms with Gasteiger partial charge in [0.15, 0.2) is 5.65 Å². The SMILES string of the molecule is COC(=O)CSc1cnccc1-c1nc2cc(C(F)(F)F)cnc2n1C. The van der Waals surface area contributed by atoms with Crippen LogP contribution in [0.4, 0.5) is 13.2 Å². The van der Waals surface area contributed by atoms with Crippen molar-refractivity contribution in [1.29, 1.82) is 0 Å². The zero-order valence-electron chi connectivity index (χ0n) is 13.7. The third-order valence-corrected chi connectivity index (χ3v) is 4.65. The molecule has 26 heavy (non-hydrogen) atoms. The van der Waals surface area contributed by atoms with Crippen molar-refractivity contribution in [2.24, 2.45) is 7.05 Å². The van der Waals surface area contributed by atoms with Crippen molar-refractivity contribution >= 4 is 28.9 Å². The highest BCUT2D eigenvalue weighted by atomic mass is 32.2. The van der Waals surface area contributed by atoms with E-state index in [-0.39, 0.29) is 11.3 Å². The van der Waals surface area contributed by atoms with E-state index in [2.05, 4.69) is 19.7 Å². The first kappa shape index (κ1) is 18.2. The molecule has 0 aliphatic heterocycles. The largest absolute Gasteiger partial charge is 0.468 e. The molecule has 3 aromatic rings. The maximum Gasteiger partial charge on any atom is 0.417 e. The van der Waals surface area contributed by atoms with Gasteiger partial charge in [0.2, 0.25) is 0 Å². The van der Waals surface area contributed by atoms with Crippen LogP contribution in [0.15, 0.2) is 35.6 Å². The molecule has 0 atom stereocenters. The summed E-state index contributed by atoms with van der Waals surface area (Å²) in [6.45, 7) is 0. The van der Waals surface area contributed by atoms with Gasteiger partial charge in [-0.2, -0.15) is 13.2 Å². The summed E-state index contributed by atoms with van der Waals surface area (Å²) >= 11 is 1.21. The number of halogens is 3.